The van der Waals surface area contributed by atoms with E-state index >= 15 is 0 Å². The molecule has 2 rings (SSSR count). The Morgan fingerprint density at radius 1 is 1.00 bits per heavy atom. The van der Waals surface area contributed by atoms with Crippen LogP contribution in [0.2, 0.25) is 0 Å². The van der Waals surface area contributed by atoms with Gasteiger partial charge in [-0.25, -0.2) is 4.98 Å². The number of aromatic nitrogens is 1. The molecule has 0 N–H and O–H groups in total. The highest BCUT2D eigenvalue weighted by Crippen LogP contribution is 2.20. The summed E-state index contributed by atoms with van der Waals surface area (Å²) >= 11 is 3.36. The Bertz CT molecular complexity index is 399. The Hall–Kier alpha value is -1.35. The Labute approximate surface area is 90.7 Å². The summed E-state index contributed by atoms with van der Waals surface area (Å²) < 4.78 is 6.53. The molecule has 0 aliphatic rings. The van der Waals surface area contributed by atoms with Crippen LogP contribution in [-0.4, -0.2) is 4.98 Å². The van der Waals surface area contributed by atoms with Crippen molar-refractivity contribution in [3.63, 3.8) is 0 Å². The Morgan fingerprint density at radius 3 is 2.43 bits per heavy atom. The predicted molar refractivity (Wildman–Crippen MR) is 58.5 cm³/mol. The minimum Gasteiger partial charge on any atom is -0.439 e. The van der Waals surface area contributed by atoms with Gasteiger partial charge in [-0.1, -0.05) is 22.0 Å². The third-order valence-corrected chi connectivity index (χ3v) is 2.20. The van der Waals surface area contributed by atoms with Crippen molar-refractivity contribution in [2.75, 3.05) is 0 Å². The van der Waals surface area contributed by atoms with E-state index in [1.165, 1.54) is 0 Å². The summed E-state index contributed by atoms with van der Waals surface area (Å²) in [5, 5.41) is 0. The highest BCUT2D eigenvalue weighted by atomic mass is 79.9. The van der Waals surface area contributed by atoms with E-state index in [0.29, 0.717) is 5.88 Å². The van der Waals surface area contributed by atoms with E-state index in [2.05, 4.69) is 20.9 Å². The van der Waals surface area contributed by atoms with Gasteiger partial charge in [0.25, 0.3) is 0 Å². The molecule has 14 heavy (non-hydrogen) atoms. The van der Waals surface area contributed by atoms with E-state index in [4.69, 9.17) is 4.74 Å². The van der Waals surface area contributed by atoms with Gasteiger partial charge in [0, 0.05) is 16.7 Å². The largest absolute Gasteiger partial charge is 0.439 e. The van der Waals surface area contributed by atoms with Gasteiger partial charge in [0.2, 0.25) is 5.88 Å². The highest BCUT2D eigenvalue weighted by molar-refractivity contribution is 9.10. The normalized spacial score (nSPS) is 9.79. The fourth-order valence-corrected chi connectivity index (χ4v) is 1.30. The maximum atomic E-state index is 5.50. The van der Waals surface area contributed by atoms with E-state index < -0.39 is 0 Å². The average Bonchev–Trinajstić information content (AvgIpc) is 2.23. The number of halogens is 1. The van der Waals surface area contributed by atoms with Crippen molar-refractivity contribution in [2.45, 2.75) is 0 Å². The van der Waals surface area contributed by atoms with Crippen LogP contribution >= 0.6 is 15.9 Å². The molecule has 70 valence electrons. The zero-order chi connectivity index (χ0) is 9.80. The third kappa shape index (κ3) is 2.33. The number of hydrogen-bond donors (Lipinski definition) is 0. The van der Waals surface area contributed by atoms with Gasteiger partial charge in [-0.2, -0.15) is 0 Å². The lowest BCUT2D eigenvalue weighted by molar-refractivity contribution is 0.463. The molecular formula is C11H8BrNO. The molecule has 3 heteroatoms. The van der Waals surface area contributed by atoms with Crippen molar-refractivity contribution >= 4 is 15.9 Å². The molecular weight excluding hydrogens is 242 g/mol. The Morgan fingerprint density at radius 2 is 1.79 bits per heavy atom. The van der Waals surface area contributed by atoms with Gasteiger partial charge >= 0.3 is 0 Å². The number of rotatable bonds is 2. The van der Waals surface area contributed by atoms with Gasteiger partial charge in [-0.15, -0.1) is 0 Å². The first kappa shape index (κ1) is 9.21. The van der Waals surface area contributed by atoms with Crippen LogP contribution in [0.4, 0.5) is 0 Å². The van der Waals surface area contributed by atoms with Crippen LogP contribution in [0.3, 0.4) is 0 Å². The second kappa shape index (κ2) is 4.24. The fraction of sp³-hybridized carbons (Fsp3) is 0. The zero-order valence-corrected chi connectivity index (χ0v) is 8.94. The van der Waals surface area contributed by atoms with Crippen molar-refractivity contribution in [3.8, 4) is 11.6 Å². The molecule has 0 saturated heterocycles. The number of ether oxygens (including phenoxy) is 1. The van der Waals surface area contributed by atoms with Gasteiger partial charge in [0.05, 0.1) is 0 Å². The van der Waals surface area contributed by atoms with Crippen molar-refractivity contribution < 1.29 is 4.74 Å². The van der Waals surface area contributed by atoms with E-state index in [0.717, 1.165) is 10.2 Å². The molecule has 0 aliphatic heterocycles. The van der Waals surface area contributed by atoms with Crippen molar-refractivity contribution in [1.82, 2.24) is 4.98 Å². The fourth-order valence-electron chi connectivity index (χ4n) is 1.03. The van der Waals surface area contributed by atoms with Crippen molar-refractivity contribution in [1.29, 1.82) is 0 Å². The molecule has 0 unspecified atom stereocenters. The van der Waals surface area contributed by atoms with Gasteiger partial charge in [0.1, 0.15) is 5.75 Å². The van der Waals surface area contributed by atoms with E-state index in [9.17, 15) is 0 Å². The number of hydrogen-bond acceptors (Lipinski definition) is 2. The SMILES string of the molecule is Brc1ccc(Oc2ccccn2)cc1. The van der Waals surface area contributed by atoms with Crippen LogP contribution < -0.4 is 4.74 Å². The lowest BCUT2D eigenvalue weighted by atomic mass is 10.3. The molecule has 0 atom stereocenters. The summed E-state index contributed by atoms with van der Waals surface area (Å²) in [6.45, 7) is 0. The third-order valence-electron chi connectivity index (χ3n) is 1.67. The molecule has 0 saturated carbocycles. The van der Waals surface area contributed by atoms with Crippen LogP contribution in [-0.2, 0) is 0 Å². The molecule has 0 bridgehead atoms. The first-order chi connectivity index (χ1) is 6.84. The second-order valence-corrected chi connectivity index (χ2v) is 3.64. The Balaban J connectivity index is 2.16. The van der Waals surface area contributed by atoms with Crippen LogP contribution in [0.25, 0.3) is 0 Å². The lowest BCUT2D eigenvalue weighted by Gasteiger charge is -2.03. The van der Waals surface area contributed by atoms with Crippen molar-refractivity contribution in [2.24, 2.45) is 0 Å². The molecule has 0 fully saturated rings. The minimum absolute atomic E-state index is 0.606. The second-order valence-electron chi connectivity index (χ2n) is 2.72. The van der Waals surface area contributed by atoms with E-state index in [-0.39, 0.29) is 0 Å². The predicted octanol–water partition coefficient (Wildman–Crippen LogP) is 3.64. The molecule has 1 heterocycles. The molecule has 0 spiro atoms. The van der Waals surface area contributed by atoms with Crippen LogP contribution in [0.5, 0.6) is 11.6 Å². The molecule has 0 radical (unpaired) electrons. The molecule has 2 aromatic rings. The minimum atomic E-state index is 0.606. The van der Waals surface area contributed by atoms with Gasteiger partial charge in [-0.05, 0) is 30.3 Å². The summed E-state index contributed by atoms with van der Waals surface area (Å²) in [5.41, 5.74) is 0. The smallest absolute Gasteiger partial charge is 0.219 e. The standard InChI is InChI=1S/C11H8BrNO/c12-9-4-6-10(7-5-9)14-11-3-1-2-8-13-11/h1-8H. The maximum Gasteiger partial charge on any atom is 0.219 e. The zero-order valence-electron chi connectivity index (χ0n) is 7.35. The van der Waals surface area contributed by atoms with Gasteiger partial charge < -0.3 is 4.74 Å². The van der Waals surface area contributed by atoms with Crippen molar-refractivity contribution in [3.05, 3.63) is 53.1 Å². The first-order valence-corrected chi connectivity index (χ1v) is 4.98. The van der Waals surface area contributed by atoms with Crippen LogP contribution in [0.1, 0.15) is 0 Å². The highest BCUT2D eigenvalue weighted by Gasteiger charge is 1.96. The summed E-state index contributed by atoms with van der Waals surface area (Å²) in [6.07, 6.45) is 1.70. The first-order valence-electron chi connectivity index (χ1n) is 4.19. The monoisotopic (exact) mass is 249 g/mol. The number of benzene rings is 1. The molecule has 1 aromatic carbocycles. The molecule has 2 nitrogen and oxygen atoms in total. The maximum absolute atomic E-state index is 5.50. The summed E-state index contributed by atoms with van der Waals surface area (Å²) in [4.78, 5) is 4.06. The topological polar surface area (TPSA) is 22.1 Å². The van der Waals surface area contributed by atoms with E-state index in [1.807, 2.05) is 42.5 Å². The van der Waals surface area contributed by atoms with Crippen LogP contribution in [0, 0.1) is 0 Å². The van der Waals surface area contributed by atoms with Gasteiger partial charge in [-0.3, -0.25) is 0 Å². The lowest BCUT2D eigenvalue weighted by Crippen LogP contribution is -1.85. The summed E-state index contributed by atoms with van der Waals surface area (Å²) in [7, 11) is 0. The van der Waals surface area contributed by atoms with Gasteiger partial charge in [0.15, 0.2) is 0 Å². The summed E-state index contributed by atoms with van der Waals surface area (Å²) in [5.74, 6) is 1.39. The summed E-state index contributed by atoms with van der Waals surface area (Å²) in [6, 6.07) is 13.2. The average molecular weight is 250 g/mol. The quantitative estimate of drug-likeness (QED) is 0.811. The molecule has 0 aliphatic carbocycles. The molecule has 0 amide bonds. The van der Waals surface area contributed by atoms with E-state index in [1.54, 1.807) is 6.20 Å². The molecule has 1 aromatic heterocycles. The number of pyridine rings is 1. The number of nitrogens with zero attached hydrogens (tertiary/aromatic N) is 1. The Kier molecular flexibility index (Phi) is 2.79. The van der Waals surface area contributed by atoms with Crippen LogP contribution in [0.15, 0.2) is 53.1 Å².